The highest BCUT2D eigenvalue weighted by molar-refractivity contribution is 5.84. The average molecular weight is 357 g/mol. The number of rotatable bonds is 5. The summed E-state index contributed by atoms with van der Waals surface area (Å²) in [4.78, 5) is 4.98. The lowest BCUT2D eigenvalue weighted by molar-refractivity contribution is 0.536. The molecule has 1 saturated heterocycles. The van der Waals surface area contributed by atoms with Crippen LogP contribution in [0.2, 0.25) is 0 Å². The van der Waals surface area contributed by atoms with Crippen molar-refractivity contribution < 1.29 is 0 Å². The molecule has 0 bridgehead atoms. The number of hydrogen-bond acceptors (Lipinski definition) is 4. The number of aromatic nitrogens is 4. The lowest BCUT2D eigenvalue weighted by atomic mass is 10.0. The van der Waals surface area contributed by atoms with Gasteiger partial charge in [-0.05, 0) is 62.4 Å². The van der Waals surface area contributed by atoms with Gasteiger partial charge < -0.3 is 5.32 Å². The molecule has 1 aromatic carbocycles. The first-order valence-corrected chi connectivity index (χ1v) is 9.81. The Bertz CT molecular complexity index is 1080. The fourth-order valence-electron chi connectivity index (χ4n) is 4.09. The Morgan fingerprint density at radius 1 is 1.04 bits per heavy atom. The van der Waals surface area contributed by atoms with Crippen LogP contribution in [-0.2, 0) is 6.42 Å². The topological polar surface area (TPSA) is 55.1 Å². The Kier molecular flexibility index (Phi) is 4.30. The number of nitrogens with one attached hydrogen (secondary N) is 1. The minimum atomic E-state index is 0.700. The van der Waals surface area contributed by atoms with E-state index in [1.54, 1.807) is 0 Å². The number of fused-ring (bicyclic) bond motifs is 2. The summed E-state index contributed by atoms with van der Waals surface area (Å²) in [5.41, 5.74) is 4.11. The molecule has 136 valence electrons. The molecule has 0 radical (unpaired) electrons. The highest BCUT2D eigenvalue weighted by Crippen LogP contribution is 2.24. The Morgan fingerprint density at radius 2 is 2.04 bits per heavy atom. The number of benzene rings is 1. The first kappa shape index (κ1) is 16.4. The Morgan fingerprint density at radius 3 is 2.96 bits per heavy atom. The van der Waals surface area contributed by atoms with Crippen LogP contribution < -0.4 is 5.32 Å². The minimum absolute atomic E-state index is 0.700. The third kappa shape index (κ3) is 3.19. The van der Waals surface area contributed by atoms with E-state index < -0.39 is 0 Å². The highest BCUT2D eigenvalue weighted by Gasteiger charge is 2.14. The third-order valence-electron chi connectivity index (χ3n) is 5.51. The van der Waals surface area contributed by atoms with Crippen molar-refractivity contribution in [3.63, 3.8) is 0 Å². The van der Waals surface area contributed by atoms with Crippen LogP contribution in [0.4, 0.5) is 0 Å². The lowest BCUT2D eigenvalue weighted by Gasteiger charge is -2.11. The second-order valence-corrected chi connectivity index (χ2v) is 7.32. The molecular formula is C22H23N5. The molecule has 1 aliphatic rings. The zero-order valence-corrected chi connectivity index (χ0v) is 15.3. The summed E-state index contributed by atoms with van der Waals surface area (Å²) in [6, 6.07) is 17.3. The van der Waals surface area contributed by atoms with Crippen LogP contribution in [0, 0.1) is 0 Å². The van der Waals surface area contributed by atoms with E-state index in [9.17, 15) is 0 Å². The van der Waals surface area contributed by atoms with Crippen LogP contribution in [0.3, 0.4) is 0 Å². The molecule has 5 nitrogen and oxygen atoms in total. The van der Waals surface area contributed by atoms with Crippen molar-refractivity contribution in [2.45, 2.75) is 38.1 Å². The molecule has 27 heavy (non-hydrogen) atoms. The zero-order chi connectivity index (χ0) is 18.1. The van der Waals surface area contributed by atoms with Crippen molar-refractivity contribution in [1.82, 2.24) is 24.9 Å². The maximum atomic E-state index is 4.98. The largest absolute Gasteiger partial charge is 0.314 e. The number of nitrogens with zero attached hydrogens (tertiary/aromatic N) is 4. The summed E-state index contributed by atoms with van der Waals surface area (Å²) in [7, 11) is 0. The van der Waals surface area contributed by atoms with Crippen molar-refractivity contribution in [3.05, 3.63) is 60.3 Å². The van der Waals surface area contributed by atoms with Gasteiger partial charge >= 0.3 is 0 Å². The van der Waals surface area contributed by atoms with E-state index in [0.29, 0.717) is 6.04 Å². The van der Waals surface area contributed by atoms with Gasteiger partial charge in [-0.3, -0.25) is 4.40 Å². The molecule has 4 heterocycles. The summed E-state index contributed by atoms with van der Waals surface area (Å²) >= 11 is 0. The lowest BCUT2D eigenvalue weighted by Crippen LogP contribution is -2.21. The Hall–Kier alpha value is -2.79. The molecular weight excluding hydrogens is 334 g/mol. The van der Waals surface area contributed by atoms with E-state index in [2.05, 4.69) is 39.8 Å². The summed E-state index contributed by atoms with van der Waals surface area (Å²) in [5, 5.41) is 13.4. The number of aryl methyl sites for hydroxylation is 1. The molecule has 4 aromatic rings. The molecule has 0 amide bonds. The molecule has 0 saturated carbocycles. The van der Waals surface area contributed by atoms with Gasteiger partial charge in [0.1, 0.15) is 5.69 Å². The number of para-hydroxylation sites is 1. The van der Waals surface area contributed by atoms with Gasteiger partial charge in [-0.2, -0.15) is 0 Å². The van der Waals surface area contributed by atoms with E-state index in [1.807, 2.05) is 34.9 Å². The Labute approximate surface area is 158 Å². The molecule has 1 N–H and O–H groups in total. The quantitative estimate of drug-likeness (QED) is 0.586. The van der Waals surface area contributed by atoms with Gasteiger partial charge in [-0.1, -0.05) is 30.3 Å². The molecule has 1 fully saturated rings. The molecule has 0 spiro atoms. The van der Waals surface area contributed by atoms with Crippen LogP contribution in [0.15, 0.2) is 54.7 Å². The van der Waals surface area contributed by atoms with E-state index in [4.69, 9.17) is 4.98 Å². The van der Waals surface area contributed by atoms with E-state index in [-0.39, 0.29) is 0 Å². The predicted molar refractivity (Wildman–Crippen MR) is 108 cm³/mol. The third-order valence-corrected chi connectivity index (χ3v) is 5.51. The summed E-state index contributed by atoms with van der Waals surface area (Å²) in [5.74, 6) is 0.789. The van der Waals surface area contributed by atoms with Crippen molar-refractivity contribution in [2.75, 3.05) is 6.54 Å². The second kappa shape index (κ2) is 7.08. The maximum Gasteiger partial charge on any atom is 0.187 e. The van der Waals surface area contributed by atoms with Gasteiger partial charge in [0.2, 0.25) is 0 Å². The van der Waals surface area contributed by atoms with Crippen LogP contribution in [0.25, 0.3) is 28.1 Å². The smallest absolute Gasteiger partial charge is 0.187 e. The van der Waals surface area contributed by atoms with Crippen LogP contribution in [0.1, 0.15) is 31.2 Å². The van der Waals surface area contributed by atoms with Crippen LogP contribution >= 0.6 is 0 Å². The number of pyridine rings is 2. The SMILES string of the molecule is c1cc(CCC[C@@H]2CCCN2)c2nc(-c3nnc4ccccn34)ccc2c1. The predicted octanol–water partition coefficient (Wildman–Crippen LogP) is 4.02. The van der Waals surface area contributed by atoms with Crippen molar-refractivity contribution in [1.29, 1.82) is 0 Å². The second-order valence-electron chi connectivity index (χ2n) is 7.32. The van der Waals surface area contributed by atoms with Gasteiger partial charge in [0.05, 0.1) is 5.52 Å². The number of hydrogen-bond donors (Lipinski definition) is 1. The standard InChI is InChI=1S/C22H23N5/c1-2-15-27-20(11-1)25-26-22(27)19-13-12-17-7-3-6-16(21(17)24-19)8-4-9-18-10-5-14-23-18/h1-3,6-7,11-13,15,18,23H,4-5,8-10,14H2/t18-/m1/s1. The molecule has 0 aliphatic carbocycles. The average Bonchev–Trinajstić information content (AvgIpc) is 3.38. The van der Waals surface area contributed by atoms with Crippen molar-refractivity contribution >= 4 is 16.6 Å². The zero-order valence-electron chi connectivity index (χ0n) is 15.3. The van der Waals surface area contributed by atoms with Gasteiger partial charge in [-0.15, -0.1) is 10.2 Å². The first-order chi connectivity index (χ1) is 13.4. The monoisotopic (exact) mass is 357 g/mol. The van der Waals surface area contributed by atoms with Gasteiger partial charge in [-0.25, -0.2) is 4.98 Å². The molecule has 5 heteroatoms. The first-order valence-electron chi connectivity index (χ1n) is 9.81. The van der Waals surface area contributed by atoms with Crippen molar-refractivity contribution in [2.24, 2.45) is 0 Å². The summed E-state index contributed by atoms with van der Waals surface area (Å²) in [6.45, 7) is 1.18. The van der Waals surface area contributed by atoms with Gasteiger partial charge in [0.15, 0.2) is 11.5 Å². The highest BCUT2D eigenvalue weighted by atomic mass is 15.2. The molecule has 1 aliphatic heterocycles. The molecule has 5 rings (SSSR count). The normalized spacial score (nSPS) is 17.1. The van der Waals surface area contributed by atoms with E-state index in [1.165, 1.54) is 43.2 Å². The van der Waals surface area contributed by atoms with E-state index in [0.717, 1.165) is 29.1 Å². The molecule has 3 aromatic heterocycles. The van der Waals surface area contributed by atoms with E-state index >= 15 is 0 Å². The van der Waals surface area contributed by atoms with Crippen molar-refractivity contribution in [3.8, 4) is 11.5 Å². The minimum Gasteiger partial charge on any atom is -0.314 e. The van der Waals surface area contributed by atoms with Gasteiger partial charge in [0.25, 0.3) is 0 Å². The van der Waals surface area contributed by atoms with Crippen LogP contribution in [-0.4, -0.2) is 32.2 Å². The fraction of sp³-hybridized carbons (Fsp3) is 0.318. The van der Waals surface area contributed by atoms with Crippen LogP contribution in [0.5, 0.6) is 0 Å². The maximum absolute atomic E-state index is 4.98. The molecule has 1 atom stereocenters. The summed E-state index contributed by atoms with van der Waals surface area (Å²) in [6.07, 6.45) is 8.11. The fourth-order valence-corrected chi connectivity index (χ4v) is 4.09. The summed E-state index contributed by atoms with van der Waals surface area (Å²) < 4.78 is 1.99. The van der Waals surface area contributed by atoms with Gasteiger partial charge in [0, 0.05) is 17.6 Å². The molecule has 0 unspecified atom stereocenters. The Balaban J connectivity index is 1.46.